The van der Waals surface area contributed by atoms with Crippen molar-refractivity contribution in [2.24, 2.45) is 0 Å². The van der Waals surface area contributed by atoms with Gasteiger partial charge in [0, 0.05) is 31.4 Å². The molecule has 1 atom stereocenters. The molecule has 0 radical (unpaired) electrons. The Hall–Kier alpha value is -4.08. The number of benzene rings is 2. The van der Waals surface area contributed by atoms with Crippen LogP contribution in [-0.4, -0.2) is 58.5 Å². The number of nitro benzene ring substituents is 1. The maximum absolute atomic E-state index is 12.7. The van der Waals surface area contributed by atoms with Crippen molar-refractivity contribution in [1.29, 1.82) is 0 Å². The van der Waals surface area contributed by atoms with Gasteiger partial charge in [0.15, 0.2) is 0 Å². The maximum Gasteiger partial charge on any atom is 0.282 e. The Morgan fingerprint density at radius 3 is 2.40 bits per heavy atom. The molecule has 3 rings (SSSR count). The largest absolute Gasteiger partial charge is 0.345 e. The van der Waals surface area contributed by atoms with E-state index in [1.54, 1.807) is 32.3 Å². The highest BCUT2D eigenvalue weighted by Gasteiger charge is 2.44. The van der Waals surface area contributed by atoms with Crippen molar-refractivity contribution in [3.63, 3.8) is 0 Å². The van der Waals surface area contributed by atoms with Crippen molar-refractivity contribution >= 4 is 35.0 Å². The Bertz CT molecular complexity index is 1090. The summed E-state index contributed by atoms with van der Waals surface area (Å²) < 4.78 is 0. The highest BCUT2D eigenvalue weighted by molar-refractivity contribution is 6.24. The van der Waals surface area contributed by atoms with E-state index >= 15 is 0 Å². The van der Waals surface area contributed by atoms with E-state index in [4.69, 9.17) is 0 Å². The topological polar surface area (TPSA) is 130 Å². The van der Waals surface area contributed by atoms with E-state index in [0.29, 0.717) is 16.2 Å². The molecule has 2 aromatic rings. The summed E-state index contributed by atoms with van der Waals surface area (Å²) in [5, 5.41) is 13.8. The van der Waals surface area contributed by atoms with E-state index < -0.39 is 34.4 Å². The lowest BCUT2D eigenvalue weighted by atomic mass is 10.1. The second-order valence-corrected chi connectivity index (χ2v) is 6.88. The van der Waals surface area contributed by atoms with Crippen LogP contribution in [0.1, 0.15) is 38.0 Å². The number of hydrogen-bond donors (Lipinski definition) is 1. The lowest BCUT2D eigenvalue weighted by Crippen LogP contribution is -2.45. The van der Waals surface area contributed by atoms with Gasteiger partial charge in [-0.2, -0.15) is 0 Å². The van der Waals surface area contributed by atoms with Gasteiger partial charge in [0.05, 0.1) is 10.5 Å². The molecule has 2 aromatic carbocycles. The second kappa shape index (κ2) is 7.74. The van der Waals surface area contributed by atoms with Gasteiger partial charge >= 0.3 is 0 Å². The Balaban J connectivity index is 1.84. The molecule has 154 valence electrons. The summed E-state index contributed by atoms with van der Waals surface area (Å²) >= 11 is 0. The van der Waals surface area contributed by atoms with Gasteiger partial charge in [-0.3, -0.25) is 34.2 Å². The third-order valence-electron chi connectivity index (χ3n) is 4.67. The first-order valence-electron chi connectivity index (χ1n) is 8.91. The summed E-state index contributed by atoms with van der Waals surface area (Å²) in [4.78, 5) is 62.7. The fraction of sp³-hybridized carbons (Fsp3) is 0.200. The quantitative estimate of drug-likeness (QED) is 0.455. The number of nitrogens with zero attached hydrogens (tertiary/aromatic N) is 3. The second-order valence-electron chi connectivity index (χ2n) is 6.88. The van der Waals surface area contributed by atoms with Crippen molar-refractivity contribution < 1.29 is 24.1 Å². The number of imide groups is 1. The molecule has 4 amide bonds. The lowest BCUT2D eigenvalue weighted by Gasteiger charge is -2.21. The first kappa shape index (κ1) is 20.6. The lowest BCUT2D eigenvalue weighted by molar-refractivity contribution is -0.385. The predicted octanol–water partition coefficient (Wildman–Crippen LogP) is 1.92. The van der Waals surface area contributed by atoms with Crippen LogP contribution < -0.4 is 5.32 Å². The van der Waals surface area contributed by atoms with Gasteiger partial charge < -0.3 is 10.2 Å². The average molecular weight is 410 g/mol. The highest BCUT2D eigenvalue weighted by Crippen LogP contribution is 2.32. The molecular weight excluding hydrogens is 392 g/mol. The molecule has 0 aliphatic carbocycles. The summed E-state index contributed by atoms with van der Waals surface area (Å²) in [6, 6.07) is 8.72. The fourth-order valence-corrected chi connectivity index (χ4v) is 3.14. The van der Waals surface area contributed by atoms with E-state index in [9.17, 15) is 29.3 Å². The number of anilines is 1. The van der Waals surface area contributed by atoms with Crippen LogP contribution in [0.4, 0.5) is 11.4 Å². The molecule has 1 unspecified atom stereocenters. The summed E-state index contributed by atoms with van der Waals surface area (Å²) in [7, 11) is 3.19. The van der Waals surface area contributed by atoms with E-state index in [0.717, 1.165) is 6.07 Å². The molecule has 1 N–H and O–H groups in total. The fourth-order valence-electron chi connectivity index (χ4n) is 3.14. The SMILES string of the molecule is CC(C(=O)Nc1cccc(C(=O)N(C)C)c1)N1C(=O)c2cccc([N+](=O)[O-])c2C1=O. The predicted molar refractivity (Wildman–Crippen MR) is 106 cm³/mol. The average Bonchev–Trinajstić information content (AvgIpc) is 2.97. The zero-order valence-corrected chi connectivity index (χ0v) is 16.4. The molecule has 10 heteroatoms. The standard InChI is InChI=1S/C20H18N4O6/c1-11(17(25)21-13-7-4-6-12(10-13)18(26)22(2)3)23-19(27)14-8-5-9-15(24(29)30)16(14)20(23)28/h4-11H,1-3H3,(H,21,25). The van der Waals surface area contributed by atoms with Crippen LogP contribution in [0.15, 0.2) is 42.5 Å². The van der Waals surface area contributed by atoms with Crippen LogP contribution >= 0.6 is 0 Å². The minimum atomic E-state index is -1.23. The number of nitro groups is 1. The minimum absolute atomic E-state index is 0.118. The van der Waals surface area contributed by atoms with Gasteiger partial charge in [0.1, 0.15) is 11.6 Å². The van der Waals surface area contributed by atoms with Gasteiger partial charge in [-0.25, -0.2) is 0 Å². The number of rotatable bonds is 5. The van der Waals surface area contributed by atoms with Crippen LogP contribution in [0.5, 0.6) is 0 Å². The molecule has 0 bridgehead atoms. The van der Waals surface area contributed by atoms with Crippen molar-refractivity contribution in [3.05, 3.63) is 69.3 Å². The van der Waals surface area contributed by atoms with Crippen LogP contribution in [0.25, 0.3) is 0 Å². The molecule has 0 fully saturated rings. The van der Waals surface area contributed by atoms with Gasteiger partial charge in [0.25, 0.3) is 23.4 Å². The van der Waals surface area contributed by atoms with Crippen molar-refractivity contribution in [3.8, 4) is 0 Å². The number of carbonyl (C=O) groups is 4. The Morgan fingerprint density at radius 2 is 1.77 bits per heavy atom. The van der Waals surface area contributed by atoms with Gasteiger partial charge in [-0.15, -0.1) is 0 Å². The van der Waals surface area contributed by atoms with E-state index in [1.807, 2.05) is 0 Å². The number of hydrogen-bond acceptors (Lipinski definition) is 6. The van der Waals surface area contributed by atoms with Crippen LogP contribution in [-0.2, 0) is 4.79 Å². The van der Waals surface area contributed by atoms with Gasteiger partial charge in [0.2, 0.25) is 5.91 Å². The summed E-state index contributed by atoms with van der Waals surface area (Å²) in [6.45, 7) is 1.34. The molecule has 0 saturated heterocycles. The van der Waals surface area contributed by atoms with Crippen LogP contribution in [0.2, 0.25) is 0 Å². The van der Waals surface area contributed by atoms with Crippen molar-refractivity contribution in [2.75, 3.05) is 19.4 Å². The first-order valence-corrected chi connectivity index (χ1v) is 8.91. The molecule has 1 heterocycles. The molecular formula is C20H18N4O6. The molecule has 0 aromatic heterocycles. The minimum Gasteiger partial charge on any atom is -0.345 e. The van der Waals surface area contributed by atoms with E-state index in [2.05, 4.69) is 5.32 Å². The zero-order valence-electron chi connectivity index (χ0n) is 16.4. The van der Waals surface area contributed by atoms with Gasteiger partial charge in [-0.1, -0.05) is 12.1 Å². The third-order valence-corrected chi connectivity index (χ3v) is 4.67. The van der Waals surface area contributed by atoms with E-state index in [1.165, 1.54) is 30.0 Å². The number of amides is 4. The molecule has 30 heavy (non-hydrogen) atoms. The number of fused-ring (bicyclic) bond motifs is 1. The molecule has 10 nitrogen and oxygen atoms in total. The summed E-state index contributed by atoms with van der Waals surface area (Å²) in [5.74, 6) is -2.62. The van der Waals surface area contributed by atoms with Crippen molar-refractivity contribution in [2.45, 2.75) is 13.0 Å². The number of carbonyl (C=O) groups excluding carboxylic acids is 4. The Morgan fingerprint density at radius 1 is 1.10 bits per heavy atom. The maximum atomic E-state index is 12.7. The van der Waals surface area contributed by atoms with E-state index in [-0.39, 0.29) is 17.0 Å². The first-order chi connectivity index (χ1) is 14.1. The molecule has 1 aliphatic heterocycles. The monoisotopic (exact) mass is 410 g/mol. The van der Waals surface area contributed by atoms with Gasteiger partial charge in [-0.05, 0) is 31.2 Å². The summed E-state index contributed by atoms with van der Waals surface area (Å²) in [6.07, 6.45) is 0. The van der Waals surface area contributed by atoms with Crippen LogP contribution in [0, 0.1) is 10.1 Å². The summed E-state index contributed by atoms with van der Waals surface area (Å²) in [5.41, 5.74) is -0.280. The zero-order chi connectivity index (χ0) is 22.2. The molecule has 0 saturated carbocycles. The Labute approximate surface area is 171 Å². The Kier molecular flexibility index (Phi) is 5.33. The van der Waals surface area contributed by atoms with Crippen LogP contribution in [0.3, 0.4) is 0 Å². The number of nitrogens with one attached hydrogen (secondary N) is 1. The third kappa shape index (κ3) is 3.50. The molecule has 0 spiro atoms. The van der Waals surface area contributed by atoms with Crippen molar-refractivity contribution in [1.82, 2.24) is 9.80 Å². The highest BCUT2D eigenvalue weighted by atomic mass is 16.6. The smallest absolute Gasteiger partial charge is 0.282 e. The molecule has 1 aliphatic rings. The normalized spacial score (nSPS) is 13.6.